The van der Waals surface area contributed by atoms with E-state index in [2.05, 4.69) is 59.7 Å². The van der Waals surface area contributed by atoms with Crippen molar-refractivity contribution in [2.45, 2.75) is 141 Å². The normalized spacial score (nSPS) is 16.3. The molecule has 9 rings (SSSR count). The molecule has 3 aliphatic rings. The number of amides is 2. The van der Waals surface area contributed by atoms with Crippen LogP contribution in [0.3, 0.4) is 0 Å². The molecule has 35 heteroatoms. The Morgan fingerprint density at radius 1 is 0.619 bits per heavy atom. The number of aromatic amines is 3. The van der Waals surface area contributed by atoms with Crippen LogP contribution in [0.4, 0.5) is 11.6 Å². The number of methoxy groups -OCH3 is 1. The van der Waals surface area contributed by atoms with Gasteiger partial charge in [-0.2, -0.15) is 4.98 Å². The van der Waals surface area contributed by atoms with E-state index in [1.54, 1.807) is 12.1 Å². The minimum absolute atomic E-state index is 0.0146. The Morgan fingerprint density at radius 3 is 1.80 bits per heavy atom. The molecule has 1 aromatic carbocycles. The standard InChI is InChI=1S/C78H100N12O21S2/c1-8-53-43(2)56-38-61-64(47(6)91)45(4)58(84-61)36-57-44(3)54(68(86-57)66-67(77(102)103-7)71(95)65-46(5)59(87-69(65)66)37-60(53)83-56)17-15-52(93)41-112-113-42-62(76(100)101)85-63(94)19-21-105-23-25-107-27-29-109-31-33-111-35-34-110-32-30-108-28-26-106-24-22-104-20-9-10-51(92)16-18-55(75(98)99)88-73(96)48-11-13-49(14-12-48)80-39-50-40-81-72-70(82-50)74(97)90-78(79)89-72/h11-14,36-38,40,43-44,53-55,62,67,80,84,87H,8-10,15-35,39,41-42H2,1-7H3,(H,85,94)(H,88,96)(H,98,99)(H,100,101)(H3,79,81,89,90,97)/t43-,44+,53-,54+,55+,62-,67?/m1/s1. The van der Waals surface area contributed by atoms with E-state index >= 15 is 0 Å². The summed E-state index contributed by atoms with van der Waals surface area (Å²) in [4.78, 5) is 162. The summed E-state index contributed by atoms with van der Waals surface area (Å²) in [5, 5.41) is 27.8. The van der Waals surface area contributed by atoms with Gasteiger partial charge in [0, 0.05) is 118 Å². The summed E-state index contributed by atoms with van der Waals surface area (Å²) in [5.41, 5.74) is 14.5. The van der Waals surface area contributed by atoms with Crippen molar-refractivity contribution in [3.8, 4) is 0 Å². The average molecular weight is 1610 g/mol. The van der Waals surface area contributed by atoms with E-state index in [0.717, 1.165) is 34.2 Å². The van der Waals surface area contributed by atoms with Crippen LogP contribution in [0, 0.1) is 13.8 Å². The highest BCUT2D eigenvalue weighted by Crippen LogP contribution is 2.49. The highest BCUT2D eigenvalue weighted by atomic mass is 33.1. The highest BCUT2D eigenvalue weighted by Gasteiger charge is 2.46. The van der Waals surface area contributed by atoms with Crippen molar-refractivity contribution in [1.82, 2.24) is 50.5 Å². The molecule has 7 heterocycles. The van der Waals surface area contributed by atoms with Gasteiger partial charge in [-0.25, -0.2) is 19.6 Å². The largest absolute Gasteiger partial charge is 0.480 e. The van der Waals surface area contributed by atoms with E-state index < -0.39 is 65.0 Å². The fourth-order valence-corrected chi connectivity index (χ4v) is 15.6. The number of benzene rings is 1. The Labute approximate surface area is 660 Å². The highest BCUT2D eigenvalue weighted by molar-refractivity contribution is 8.76. The van der Waals surface area contributed by atoms with Gasteiger partial charge < -0.3 is 84.5 Å². The van der Waals surface area contributed by atoms with Gasteiger partial charge in [-0.15, -0.1) is 0 Å². The summed E-state index contributed by atoms with van der Waals surface area (Å²) in [6.45, 7) is 16.7. The zero-order valence-corrected chi connectivity index (χ0v) is 66.2. The summed E-state index contributed by atoms with van der Waals surface area (Å²) in [6.07, 6.45) is 3.09. The fourth-order valence-electron chi connectivity index (χ4n) is 13.5. The molecule has 10 N–H and O–H groups in total. The summed E-state index contributed by atoms with van der Waals surface area (Å²) in [7, 11) is 3.57. The van der Waals surface area contributed by atoms with Crippen molar-refractivity contribution in [3.05, 3.63) is 121 Å². The molecule has 2 amide bonds. The van der Waals surface area contributed by atoms with Crippen LogP contribution in [0.2, 0.25) is 0 Å². The Hall–Kier alpha value is -9.43. The molecule has 0 radical (unpaired) electrons. The number of ether oxygens (including phenoxy) is 9. The summed E-state index contributed by atoms with van der Waals surface area (Å²) in [5.74, 6) is -7.14. The molecule has 0 saturated carbocycles. The van der Waals surface area contributed by atoms with E-state index in [-0.39, 0.29) is 128 Å². The van der Waals surface area contributed by atoms with Crippen LogP contribution in [0.5, 0.6) is 0 Å². The van der Waals surface area contributed by atoms with Gasteiger partial charge in [0.1, 0.15) is 29.6 Å². The smallest absolute Gasteiger partial charge is 0.327 e. The molecule has 0 spiro atoms. The number of ketones is 4. The molecule has 1 unspecified atom stereocenters. The third kappa shape index (κ3) is 24.5. The van der Waals surface area contributed by atoms with Crippen LogP contribution in [0.15, 0.2) is 53.5 Å². The van der Waals surface area contributed by atoms with Crippen LogP contribution in [-0.4, -0.2) is 239 Å². The third-order valence-electron chi connectivity index (χ3n) is 19.6. The lowest BCUT2D eigenvalue weighted by atomic mass is 9.83. The maximum Gasteiger partial charge on any atom is 0.327 e. The molecule has 610 valence electrons. The van der Waals surface area contributed by atoms with E-state index in [1.807, 2.05) is 39.0 Å². The van der Waals surface area contributed by atoms with Crippen molar-refractivity contribution in [1.29, 1.82) is 0 Å². The van der Waals surface area contributed by atoms with Crippen molar-refractivity contribution < 1.29 is 96.0 Å². The van der Waals surface area contributed by atoms with Crippen LogP contribution < -0.4 is 27.2 Å². The Bertz CT molecular complexity index is 4590. The van der Waals surface area contributed by atoms with Crippen LogP contribution in [-0.2, 0) is 77.9 Å². The first kappa shape index (κ1) is 87.5. The fraction of sp³-hybridized carbons (Fsp3) is 0.526. The van der Waals surface area contributed by atoms with Crippen molar-refractivity contribution in [3.63, 3.8) is 0 Å². The van der Waals surface area contributed by atoms with Crippen molar-refractivity contribution >= 4 is 119 Å². The number of carboxylic acid groups (broad SMARTS) is 2. The number of hydrogen-bond donors (Lipinski definition) is 9. The van der Waals surface area contributed by atoms with Crippen LogP contribution in [0.25, 0.3) is 33.2 Å². The summed E-state index contributed by atoms with van der Waals surface area (Å²) in [6, 6.07) is 9.62. The van der Waals surface area contributed by atoms with Gasteiger partial charge in [0.15, 0.2) is 22.7 Å². The second kappa shape index (κ2) is 43.7. The maximum atomic E-state index is 14.5. The Morgan fingerprint density at radius 2 is 1.19 bits per heavy atom. The molecule has 5 aromatic heterocycles. The van der Waals surface area contributed by atoms with Gasteiger partial charge in [0.2, 0.25) is 11.9 Å². The number of aliphatic carboxylic acids is 2. The number of fused-ring (bicyclic) bond motifs is 9. The first-order valence-corrected chi connectivity index (χ1v) is 40.2. The van der Waals surface area contributed by atoms with Crippen LogP contribution >= 0.6 is 21.6 Å². The number of nitrogens with two attached hydrogens (primary N) is 1. The lowest BCUT2D eigenvalue weighted by molar-refractivity contribution is -0.141. The number of nitrogen functional groups attached to an aromatic ring is 1. The van der Waals surface area contributed by atoms with Crippen molar-refractivity contribution in [2.24, 2.45) is 0 Å². The zero-order chi connectivity index (χ0) is 81.1. The predicted octanol–water partition coefficient (Wildman–Crippen LogP) is 7.83. The van der Waals surface area contributed by atoms with Crippen molar-refractivity contribution in [2.75, 3.05) is 135 Å². The monoisotopic (exact) mass is 1600 g/mol. The first-order valence-electron chi connectivity index (χ1n) is 37.7. The minimum atomic E-state index is -1.30. The van der Waals surface area contributed by atoms with Gasteiger partial charge in [-0.1, -0.05) is 42.4 Å². The number of nitrogens with zero attached hydrogens (tertiary/aromatic N) is 5. The second-order valence-electron chi connectivity index (χ2n) is 27.4. The average Bonchev–Trinajstić information content (AvgIpc) is 1.56. The predicted molar refractivity (Wildman–Crippen MR) is 421 cm³/mol. The number of carbonyl (C=O) groups excluding carboxylic acids is 7. The molecule has 33 nitrogen and oxygen atoms in total. The molecule has 6 aromatic rings. The molecule has 113 heavy (non-hydrogen) atoms. The number of aromatic nitrogens is 8. The number of nitrogens with one attached hydrogen (secondary N) is 6. The van der Waals surface area contributed by atoms with Gasteiger partial charge in [0.05, 0.1) is 147 Å². The summed E-state index contributed by atoms with van der Waals surface area (Å²) < 4.78 is 49.6. The molecule has 1 aliphatic carbocycles. The van der Waals surface area contributed by atoms with E-state index in [0.29, 0.717) is 166 Å². The quantitative estimate of drug-likeness (QED) is 0.00577. The topological polar surface area (TPSA) is 468 Å². The number of Topliss-reactive ketones (excluding diaryl/α,β-unsaturated/α-hetero) is 4. The minimum Gasteiger partial charge on any atom is -0.480 e. The maximum absolute atomic E-state index is 14.5. The number of rotatable bonds is 50. The number of hydrogen-bond acceptors (Lipinski definition) is 28. The van der Waals surface area contributed by atoms with Gasteiger partial charge in [0.25, 0.3) is 11.5 Å². The lowest BCUT2D eigenvalue weighted by Crippen LogP contribution is -2.42. The second-order valence-corrected chi connectivity index (χ2v) is 29.9. The van der Waals surface area contributed by atoms with E-state index in [4.69, 9.17) is 58.3 Å². The third-order valence-corrected chi connectivity index (χ3v) is 21.9. The van der Waals surface area contributed by atoms with Crippen LogP contribution in [0.1, 0.15) is 185 Å². The Balaban J connectivity index is 0.555. The molecule has 0 saturated heterocycles. The van der Waals surface area contributed by atoms with E-state index in [9.17, 15) is 58.2 Å². The molecular weight excluding hydrogens is 1510 g/mol. The van der Waals surface area contributed by atoms with Gasteiger partial charge in [-0.3, -0.25) is 53.3 Å². The number of carbonyl (C=O) groups is 9. The number of carboxylic acids is 2. The molecular formula is C78H100N12O21S2. The van der Waals surface area contributed by atoms with Gasteiger partial charge >= 0.3 is 17.9 Å². The number of anilines is 2. The molecule has 0 fully saturated rings. The van der Waals surface area contributed by atoms with E-state index in [1.165, 1.54) is 43.2 Å². The SMILES string of the molecule is CC[C@H]1c2cc3[nH]c4c(c3C)C(=O)C(C(=O)OC)c4c3nc(cc4[nH]c(cc(n2)[C@@H]1C)c(C(C)=O)c4C)[C@@H](C)[C@@H]3CCC(=O)CSSC[C@@H](NC(=O)CCOCCOCCOCCOCCOCCOCCOCCOCCCC(=O)CC[C@H](NC(=O)c1ccc(NCc2cnc3nc(N)[nH]c(=O)c3n2)cc1)C(=O)O)C(=O)O. The number of aryl methyl sites for hydroxylation is 2. The molecule has 7 atom stereocenters. The summed E-state index contributed by atoms with van der Waals surface area (Å²) >= 11 is 0. The Kier molecular flexibility index (Phi) is 33.9. The first-order chi connectivity index (χ1) is 54.5. The van der Waals surface area contributed by atoms with Gasteiger partial charge in [-0.05, 0) is 100 Å². The molecule has 8 bridgehead atoms. The number of H-pyrrole nitrogens is 3. The number of esters is 1. The zero-order valence-electron chi connectivity index (χ0n) is 64.5. The molecule has 2 aliphatic heterocycles. The lowest BCUT2D eigenvalue weighted by Gasteiger charge is -2.19.